The maximum atomic E-state index is 13.9. The summed E-state index contributed by atoms with van der Waals surface area (Å²) in [5.74, 6) is -0.290. The van der Waals surface area contributed by atoms with Crippen molar-refractivity contribution < 1.29 is 19.1 Å². The predicted molar refractivity (Wildman–Crippen MR) is 184 cm³/mol. The highest BCUT2D eigenvalue weighted by Gasteiger charge is 2.41. The first kappa shape index (κ1) is 30.1. The van der Waals surface area contributed by atoms with Crippen LogP contribution >= 0.6 is 23.8 Å². The Hall–Kier alpha value is -4.98. The first-order valence-corrected chi connectivity index (χ1v) is 15.3. The number of para-hydroxylation sites is 2. The molecule has 45 heavy (non-hydrogen) atoms. The Morgan fingerprint density at radius 1 is 0.778 bits per heavy atom. The fourth-order valence-electron chi connectivity index (χ4n) is 5.36. The maximum absolute atomic E-state index is 13.9. The van der Waals surface area contributed by atoms with E-state index in [2.05, 4.69) is 24.3 Å². The van der Waals surface area contributed by atoms with E-state index in [9.17, 15) is 9.59 Å². The van der Waals surface area contributed by atoms with Crippen LogP contribution < -0.4 is 19.3 Å². The molecular formula is C37H29ClN2O4S. The lowest BCUT2D eigenvalue weighted by Crippen LogP contribution is -2.56. The minimum absolute atomic E-state index is 0.0695. The van der Waals surface area contributed by atoms with Crippen molar-refractivity contribution in [3.05, 3.63) is 136 Å². The van der Waals surface area contributed by atoms with Gasteiger partial charge in [0.05, 0.1) is 23.0 Å². The summed E-state index contributed by atoms with van der Waals surface area (Å²) in [6.45, 7) is 4.55. The average molecular weight is 633 g/mol. The van der Waals surface area contributed by atoms with E-state index in [4.69, 9.17) is 33.3 Å². The number of amides is 2. The minimum Gasteiger partial charge on any atom is -0.490 e. The molecule has 0 aromatic heterocycles. The van der Waals surface area contributed by atoms with E-state index in [-0.39, 0.29) is 22.3 Å². The summed E-state index contributed by atoms with van der Waals surface area (Å²) < 4.78 is 12.3. The summed E-state index contributed by atoms with van der Waals surface area (Å²) in [7, 11) is 0. The molecule has 1 fully saturated rings. The van der Waals surface area contributed by atoms with Gasteiger partial charge >= 0.3 is 0 Å². The van der Waals surface area contributed by atoms with E-state index >= 15 is 0 Å². The van der Waals surface area contributed by atoms with Crippen molar-refractivity contribution in [2.45, 2.75) is 20.5 Å². The molecule has 0 spiro atoms. The molecule has 0 bridgehead atoms. The Bertz CT molecular complexity index is 1900. The number of fused-ring (bicyclic) bond motifs is 1. The smallest absolute Gasteiger partial charge is 0.270 e. The molecule has 2 amide bonds. The number of anilines is 2. The van der Waals surface area contributed by atoms with Gasteiger partial charge in [-0.25, -0.2) is 0 Å². The molecule has 224 valence electrons. The number of hydrogen-bond donors (Lipinski definition) is 0. The number of carbonyl (C=O) groups is 2. The van der Waals surface area contributed by atoms with E-state index in [0.29, 0.717) is 35.0 Å². The highest BCUT2D eigenvalue weighted by molar-refractivity contribution is 7.81. The Morgan fingerprint density at radius 2 is 1.38 bits per heavy atom. The fraction of sp³-hybridized carbons (Fsp3) is 0.108. The number of ether oxygens (including phenoxy) is 2. The molecule has 5 aromatic rings. The number of aryl methyl sites for hydroxylation is 1. The van der Waals surface area contributed by atoms with Crippen molar-refractivity contribution >= 4 is 69.0 Å². The average Bonchev–Trinajstić information content (AvgIpc) is 3.05. The zero-order valence-electron chi connectivity index (χ0n) is 24.7. The highest BCUT2D eigenvalue weighted by atomic mass is 35.5. The Labute approximate surface area is 272 Å². The third kappa shape index (κ3) is 5.92. The molecule has 0 N–H and O–H groups in total. The molecule has 6 nitrogen and oxygen atoms in total. The second-order valence-electron chi connectivity index (χ2n) is 10.4. The molecule has 0 aliphatic carbocycles. The van der Waals surface area contributed by atoms with Gasteiger partial charge in [0, 0.05) is 5.56 Å². The third-order valence-corrected chi connectivity index (χ3v) is 8.20. The lowest BCUT2D eigenvalue weighted by Gasteiger charge is -2.36. The second-order valence-corrected chi connectivity index (χ2v) is 11.2. The molecule has 1 saturated heterocycles. The number of halogens is 1. The number of thiocarbonyl (C=S) groups is 1. The van der Waals surface area contributed by atoms with Crippen molar-refractivity contribution in [1.82, 2.24) is 0 Å². The monoisotopic (exact) mass is 632 g/mol. The SMILES string of the molecule is CCOc1cc(C=C2C(=O)N(c3ccccc3)C(=S)N(c3ccccc3)C2=O)cc(Cl)c1OCc1c(C)ccc2ccccc12. The standard InChI is InChI=1S/C37H29ClN2O4S/c1-3-43-33-22-25(21-32(38)34(33)44-23-31-24(2)18-19-26-12-10-11-17-29(26)31)20-30-35(41)39(27-13-6-4-7-14-27)37(45)40(36(30)42)28-15-8-5-9-16-28/h4-22H,3,23H2,1-2H3. The first-order chi connectivity index (χ1) is 21.9. The molecule has 0 atom stereocenters. The van der Waals surface area contributed by atoms with Gasteiger partial charge in [-0.3, -0.25) is 19.4 Å². The van der Waals surface area contributed by atoms with Crippen LogP contribution in [0.4, 0.5) is 11.4 Å². The normalized spacial score (nSPS) is 13.4. The fourth-order valence-corrected chi connectivity index (χ4v) is 6.01. The van der Waals surface area contributed by atoms with Crippen molar-refractivity contribution in [3.63, 3.8) is 0 Å². The summed E-state index contributed by atoms with van der Waals surface area (Å²) in [6, 6.07) is 33.7. The second kappa shape index (κ2) is 12.9. The van der Waals surface area contributed by atoms with Gasteiger partial charge in [-0.1, -0.05) is 84.4 Å². The van der Waals surface area contributed by atoms with Crippen LogP contribution in [-0.4, -0.2) is 23.5 Å². The zero-order valence-corrected chi connectivity index (χ0v) is 26.3. The van der Waals surface area contributed by atoms with Gasteiger partial charge in [-0.2, -0.15) is 0 Å². The molecule has 0 radical (unpaired) electrons. The Morgan fingerprint density at radius 3 is 2.00 bits per heavy atom. The van der Waals surface area contributed by atoms with E-state index in [1.165, 1.54) is 15.9 Å². The number of carbonyl (C=O) groups excluding carboxylic acids is 2. The van der Waals surface area contributed by atoms with Crippen molar-refractivity contribution in [3.8, 4) is 11.5 Å². The summed E-state index contributed by atoms with van der Waals surface area (Å²) in [4.78, 5) is 30.6. The lowest BCUT2D eigenvalue weighted by molar-refractivity contribution is -0.120. The van der Waals surface area contributed by atoms with Crippen LogP contribution in [0, 0.1) is 6.92 Å². The summed E-state index contributed by atoms with van der Waals surface area (Å²) in [6.07, 6.45) is 1.52. The molecule has 8 heteroatoms. The maximum Gasteiger partial charge on any atom is 0.270 e. The molecule has 0 unspecified atom stereocenters. The van der Waals surface area contributed by atoms with Crippen LogP contribution in [0.5, 0.6) is 11.5 Å². The summed E-state index contributed by atoms with van der Waals surface area (Å²) in [5.41, 5.74) is 3.67. The van der Waals surface area contributed by atoms with Crippen LogP contribution in [0.2, 0.25) is 5.02 Å². The van der Waals surface area contributed by atoms with E-state index in [1.807, 2.05) is 62.4 Å². The van der Waals surface area contributed by atoms with Gasteiger partial charge in [-0.15, -0.1) is 0 Å². The molecule has 1 aliphatic heterocycles. The summed E-state index contributed by atoms with van der Waals surface area (Å²) in [5, 5.41) is 2.58. The van der Waals surface area contributed by atoms with Gasteiger partial charge in [0.1, 0.15) is 12.2 Å². The molecule has 1 aliphatic rings. The van der Waals surface area contributed by atoms with Crippen molar-refractivity contribution in [2.75, 3.05) is 16.4 Å². The van der Waals surface area contributed by atoms with Gasteiger partial charge in [0.2, 0.25) is 0 Å². The van der Waals surface area contributed by atoms with E-state index in [1.54, 1.807) is 36.4 Å². The molecule has 1 heterocycles. The highest BCUT2D eigenvalue weighted by Crippen LogP contribution is 2.39. The van der Waals surface area contributed by atoms with Crippen LogP contribution in [0.3, 0.4) is 0 Å². The van der Waals surface area contributed by atoms with Gasteiger partial charge < -0.3 is 9.47 Å². The van der Waals surface area contributed by atoms with Crippen molar-refractivity contribution in [1.29, 1.82) is 0 Å². The predicted octanol–water partition coefficient (Wildman–Crippen LogP) is 8.53. The van der Waals surface area contributed by atoms with Crippen LogP contribution in [-0.2, 0) is 16.2 Å². The van der Waals surface area contributed by atoms with Gasteiger partial charge in [0.25, 0.3) is 11.8 Å². The number of rotatable bonds is 8. The van der Waals surface area contributed by atoms with E-state index in [0.717, 1.165) is 21.9 Å². The van der Waals surface area contributed by atoms with Crippen molar-refractivity contribution in [2.24, 2.45) is 0 Å². The van der Waals surface area contributed by atoms with Gasteiger partial charge in [-0.05, 0) is 90.4 Å². The molecule has 5 aromatic carbocycles. The number of benzene rings is 5. The topological polar surface area (TPSA) is 59.1 Å². The number of hydrogen-bond acceptors (Lipinski definition) is 5. The van der Waals surface area contributed by atoms with E-state index < -0.39 is 11.8 Å². The largest absolute Gasteiger partial charge is 0.490 e. The first-order valence-electron chi connectivity index (χ1n) is 14.5. The molecule has 0 saturated carbocycles. The molecular weight excluding hydrogens is 604 g/mol. The summed E-state index contributed by atoms with van der Waals surface area (Å²) >= 11 is 12.5. The Balaban J connectivity index is 1.39. The Kier molecular flexibility index (Phi) is 8.65. The van der Waals surface area contributed by atoms with Gasteiger partial charge in [0.15, 0.2) is 16.6 Å². The molecule has 6 rings (SSSR count). The lowest BCUT2D eigenvalue weighted by atomic mass is 10.0. The van der Waals surface area contributed by atoms with Crippen LogP contribution in [0.15, 0.2) is 115 Å². The number of nitrogens with zero attached hydrogens (tertiary/aromatic N) is 2. The van der Waals surface area contributed by atoms with Crippen LogP contribution in [0.1, 0.15) is 23.6 Å². The van der Waals surface area contributed by atoms with Crippen LogP contribution in [0.25, 0.3) is 16.8 Å². The third-order valence-electron chi connectivity index (χ3n) is 7.56. The zero-order chi connectivity index (χ0) is 31.5. The minimum atomic E-state index is -0.538. The quantitative estimate of drug-likeness (QED) is 0.0975.